The maximum atomic E-state index is 9.56. The largest absolute Gasteiger partial charge is 0.508 e. The van der Waals surface area contributed by atoms with Gasteiger partial charge in [0.05, 0.1) is 0 Å². The van der Waals surface area contributed by atoms with Crippen LogP contribution in [0.2, 0.25) is 0 Å². The molecule has 3 heteroatoms. The van der Waals surface area contributed by atoms with Crippen LogP contribution in [-0.2, 0) is 6.42 Å². The van der Waals surface area contributed by atoms with Crippen LogP contribution in [-0.4, -0.2) is 31.3 Å². The van der Waals surface area contributed by atoms with Crippen molar-refractivity contribution in [2.45, 2.75) is 18.9 Å². The lowest BCUT2D eigenvalue weighted by molar-refractivity contribution is 0.304. The molecule has 0 amide bonds. The van der Waals surface area contributed by atoms with Crippen LogP contribution in [0.25, 0.3) is 0 Å². The van der Waals surface area contributed by atoms with Crippen LogP contribution in [0.1, 0.15) is 12.0 Å². The number of phenols is 1. The molecule has 2 unspecified atom stereocenters. The van der Waals surface area contributed by atoms with Gasteiger partial charge in [-0.1, -0.05) is 6.07 Å². The van der Waals surface area contributed by atoms with Gasteiger partial charge in [-0.2, -0.15) is 0 Å². The number of nitrogens with one attached hydrogen (secondary N) is 1. The maximum absolute atomic E-state index is 9.56. The molecule has 2 N–H and O–H groups in total. The molecular formula is C13H18N2O. The molecule has 0 aromatic heterocycles. The molecule has 0 saturated carbocycles. The van der Waals surface area contributed by atoms with Gasteiger partial charge in [-0.25, -0.2) is 0 Å². The maximum Gasteiger partial charge on any atom is 0.117 e. The van der Waals surface area contributed by atoms with E-state index in [1.807, 2.05) is 6.07 Å². The second kappa shape index (κ2) is 3.67. The number of fused-ring (bicyclic) bond motifs is 2. The van der Waals surface area contributed by atoms with E-state index in [4.69, 9.17) is 0 Å². The van der Waals surface area contributed by atoms with Crippen LogP contribution in [0.5, 0.6) is 5.75 Å². The summed E-state index contributed by atoms with van der Waals surface area (Å²) in [7, 11) is 2.15. The van der Waals surface area contributed by atoms with E-state index in [-0.39, 0.29) is 0 Å². The van der Waals surface area contributed by atoms with Gasteiger partial charge < -0.3 is 15.3 Å². The van der Waals surface area contributed by atoms with E-state index in [0.29, 0.717) is 11.8 Å². The molecule has 1 saturated heterocycles. The molecule has 86 valence electrons. The third-order valence-corrected chi connectivity index (χ3v) is 4.00. The highest BCUT2D eigenvalue weighted by atomic mass is 16.3. The van der Waals surface area contributed by atoms with Crippen molar-refractivity contribution in [2.24, 2.45) is 5.92 Å². The summed E-state index contributed by atoms with van der Waals surface area (Å²) in [6, 6.07) is 6.39. The van der Waals surface area contributed by atoms with Crippen molar-refractivity contribution < 1.29 is 5.11 Å². The lowest BCUT2D eigenvalue weighted by Gasteiger charge is -2.44. The van der Waals surface area contributed by atoms with Crippen molar-refractivity contribution >= 4 is 5.69 Å². The Kier molecular flexibility index (Phi) is 2.28. The molecule has 2 atom stereocenters. The van der Waals surface area contributed by atoms with E-state index in [1.54, 1.807) is 6.07 Å². The molecule has 1 fully saturated rings. The summed E-state index contributed by atoms with van der Waals surface area (Å²) in [5.74, 6) is 1.09. The number of aromatic hydroxyl groups is 1. The predicted octanol–water partition coefficient (Wildman–Crippen LogP) is 1.36. The van der Waals surface area contributed by atoms with Crippen molar-refractivity contribution in [1.29, 1.82) is 0 Å². The van der Waals surface area contributed by atoms with Crippen LogP contribution in [0.3, 0.4) is 0 Å². The molecule has 2 heterocycles. The Morgan fingerprint density at radius 2 is 2.31 bits per heavy atom. The topological polar surface area (TPSA) is 35.5 Å². The lowest BCUT2D eigenvalue weighted by atomic mass is 9.82. The molecule has 0 bridgehead atoms. The molecule has 2 aliphatic rings. The number of piperidine rings is 1. The number of nitrogens with zero attached hydrogens (tertiary/aromatic N) is 1. The highest BCUT2D eigenvalue weighted by Gasteiger charge is 2.33. The van der Waals surface area contributed by atoms with Crippen molar-refractivity contribution in [3.05, 3.63) is 23.8 Å². The first kappa shape index (κ1) is 9.97. The second-order valence-electron chi connectivity index (χ2n) is 4.95. The van der Waals surface area contributed by atoms with Crippen LogP contribution in [0.15, 0.2) is 18.2 Å². The number of hydrogen-bond donors (Lipinski definition) is 2. The number of anilines is 1. The minimum absolute atomic E-state index is 0.373. The molecule has 0 aliphatic carbocycles. The molecule has 0 spiro atoms. The van der Waals surface area contributed by atoms with Crippen LogP contribution in [0, 0.1) is 5.92 Å². The molecular weight excluding hydrogens is 200 g/mol. The third-order valence-electron chi connectivity index (χ3n) is 4.00. The molecule has 3 nitrogen and oxygen atoms in total. The summed E-state index contributed by atoms with van der Waals surface area (Å²) in [6.45, 7) is 2.23. The highest BCUT2D eigenvalue weighted by Crippen LogP contribution is 2.36. The predicted molar refractivity (Wildman–Crippen MR) is 65.0 cm³/mol. The van der Waals surface area contributed by atoms with Gasteiger partial charge in [0.2, 0.25) is 0 Å². The monoisotopic (exact) mass is 218 g/mol. The lowest BCUT2D eigenvalue weighted by Crippen LogP contribution is -2.51. The number of hydrogen-bond acceptors (Lipinski definition) is 3. The molecule has 2 aliphatic heterocycles. The number of benzene rings is 1. The Morgan fingerprint density at radius 1 is 1.44 bits per heavy atom. The van der Waals surface area contributed by atoms with Gasteiger partial charge >= 0.3 is 0 Å². The molecule has 3 rings (SSSR count). The zero-order valence-corrected chi connectivity index (χ0v) is 9.61. The third kappa shape index (κ3) is 1.47. The van der Waals surface area contributed by atoms with E-state index in [2.05, 4.69) is 23.3 Å². The minimum atomic E-state index is 0.373. The van der Waals surface area contributed by atoms with Gasteiger partial charge in [-0.3, -0.25) is 0 Å². The zero-order chi connectivity index (χ0) is 11.1. The van der Waals surface area contributed by atoms with E-state index < -0.39 is 0 Å². The van der Waals surface area contributed by atoms with Gasteiger partial charge in [0, 0.05) is 31.4 Å². The molecule has 0 radical (unpaired) electrons. The molecule has 16 heavy (non-hydrogen) atoms. The SMILES string of the molecule is CN1c2cc(O)ccc2CC2CNCCC21. The summed E-state index contributed by atoms with van der Waals surface area (Å²) < 4.78 is 0. The van der Waals surface area contributed by atoms with Crippen molar-refractivity contribution in [3.8, 4) is 5.75 Å². The number of rotatable bonds is 0. The fraction of sp³-hybridized carbons (Fsp3) is 0.538. The summed E-state index contributed by atoms with van der Waals surface area (Å²) in [5.41, 5.74) is 2.58. The van der Waals surface area contributed by atoms with E-state index in [0.717, 1.165) is 25.4 Å². The molecule has 1 aromatic rings. The fourth-order valence-corrected chi connectivity index (χ4v) is 3.14. The standard InChI is InChI=1S/C13H18N2O/c1-15-12-4-5-14-8-10(12)6-9-2-3-11(16)7-13(9)15/h2-3,7,10,12,14,16H,4-6,8H2,1H3. The zero-order valence-electron chi connectivity index (χ0n) is 9.61. The van der Waals surface area contributed by atoms with E-state index in [9.17, 15) is 5.11 Å². The summed E-state index contributed by atoms with van der Waals surface area (Å²) in [5, 5.41) is 13.0. The summed E-state index contributed by atoms with van der Waals surface area (Å²) in [6.07, 6.45) is 2.34. The first-order chi connectivity index (χ1) is 7.75. The van der Waals surface area contributed by atoms with Crippen LogP contribution >= 0.6 is 0 Å². The average molecular weight is 218 g/mol. The Hall–Kier alpha value is -1.22. The van der Waals surface area contributed by atoms with Crippen molar-refractivity contribution in [3.63, 3.8) is 0 Å². The fourth-order valence-electron chi connectivity index (χ4n) is 3.14. The minimum Gasteiger partial charge on any atom is -0.508 e. The molecule has 1 aromatic carbocycles. The van der Waals surface area contributed by atoms with Gasteiger partial charge in [0.25, 0.3) is 0 Å². The highest BCUT2D eigenvalue weighted by molar-refractivity contribution is 5.59. The average Bonchev–Trinajstić information content (AvgIpc) is 2.31. The van der Waals surface area contributed by atoms with E-state index >= 15 is 0 Å². The van der Waals surface area contributed by atoms with Crippen LogP contribution in [0.4, 0.5) is 5.69 Å². The summed E-state index contributed by atoms with van der Waals surface area (Å²) in [4.78, 5) is 2.35. The first-order valence-electron chi connectivity index (χ1n) is 6.01. The van der Waals surface area contributed by atoms with Gasteiger partial charge in [-0.05, 0) is 36.9 Å². The van der Waals surface area contributed by atoms with Gasteiger partial charge in [0.15, 0.2) is 0 Å². The van der Waals surface area contributed by atoms with Crippen LogP contribution < -0.4 is 10.2 Å². The van der Waals surface area contributed by atoms with Crippen molar-refractivity contribution in [2.75, 3.05) is 25.0 Å². The Balaban J connectivity index is 2.00. The normalized spacial score (nSPS) is 28.4. The first-order valence-corrected chi connectivity index (χ1v) is 6.01. The van der Waals surface area contributed by atoms with Gasteiger partial charge in [-0.15, -0.1) is 0 Å². The Bertz CT molecular complexity index is 405. The Labute approximate surface area is 96.1 Å². The van der Waals surface area contributed by atoms with Crippen molar-refractivity contribution in [1.82, 2.24) is 5.32 Å². The summed E-state index contributed by atoms with van der Waals surface area (Å²) >= 11 is 0. The van der Waals surface area contributed by atoms with E-state index in [1.165, 1.54) is 17.7 Å². The number of phenolic OH excluding ortho intramolecular Hbond substituents is 1. The smallest absolute Gasteiger partial charge is 0.117 e. The quantitative estimate of drug-likeness (QED) is 0.690. The van der Waals surface area contributed by atoms with Gasteiger partial charge in [0.1, 0.15) is 5.75 Å². The Morgan fingerprint density at radius 3 is 3.19 bits per heavy atom. The second-order valence-corrected chi connectivity index (χ2v) is 4.95.